The number of nitrogens with zero attached hydrogens (tertiary/aromatic N) is 1. The lowest BCUT2D eigenvalue weighted by Gasteiger charge is -2.00. The van der Waals surface area contributed by atoms with Crippen molar-refractivity contribution in [2.75, 3.05) is 0 Å². The number of imidazole rings is 1. The van der Waals surface area contributed by atoms with Crippen molar-refractivity contribution in [1.82, 2.24) is 9.97 Å². The topological polar surface area (TPSA) is 45.8 Å². The zero-order chi connectivity index (χ0) is 10.1. The summed E-state index contributed by atoms with van der Waals surface area (Å²) >= 11 is 0. The fourth-order valence-corrected chi connectivity index (χ4v) is 1.44. The van der Waals surface area contributed by atoms with Gasteiger partial charge in [0.25, 0.3) is 0 Å². The van der Waals surface area contributed by atoms with Crippen molar-refractivity contribution in [3.8, 4) is 11.4 Å². The van der Waals surface area contributed by atoms with Crippen LogP contribution in [0.4, 0.5) is 0 Å². The Labute approximate surface area is 82.2 Å². The third-order valence-electron chi connectivity index (χ3n) is 2.26. The summed E-state index contributed by atoms with van der Waals surface area (Å²) in [6, 6.07) is 7.80. The van der Waals surface area contributed by atoms with Crippen LogP contribution in [0.2, 0.25) is 0 Å². The normalized spacial score (nSPS) is 11.1. The average Bonchev–Trinajstić information content (AvgIpc) is 2.32. The number of fused-ring (bicyclic) bond motifs is 1. The van der Waals surface area contributed by atoms with Crippen LogP contribution in [-0.4, -0.2) is 9.97 Å². The summed E-state index contributed by atoms with van der Waals surface area (Å²) in [5, 5.41) is 0. The molecule has 0 fully saturated rings. The van der Waals surface area contributed by atoms with Gasteiger partial charge in [-0.05, 0) is 23.6 Å². The first-order chi connectivity index (χ1) is 6.66. The molecule has 0 aromatic rings. The van der Waals surface area contributed by atoms with Gasteiger partial charge in [0.1, 0.15) is 0 Å². The van der Waals surface area contributed by atoms with Crippen LogP contribution in [0.5, 0.6) is 0 Å². The molecular weight excluding hydrogens is 176 g/mol. The standard InChI is InChI=1S/C11H12N2O/c1-7(2)8-4-3-5-9-10(6-8)13-11(14)12-9/h3-7H,1-2H3,(H,12,13,14). The zero-order valence-corrected chi connectivity index (χ0v) is 8.24. The summed E-state index contributed by atoms with van der Waals surface area (Å²) in [6.45, 7) is 4.24. The number of aromatic nitrogens is 2. The quantitative estimate of drug-likeness (QED) is 0.744. The van der Waals surface area contributed by atoms with E-state index in [9.17, 15) is 4.79 Å². The van der Waals surface area contributed by atoms with Gasteiger partial charge in [0.15, 0.2) is 0 Å². The number of hydrogen-bond acceptors (Lipinski definition) is 2. The van der Waals surface area contributed by atoms with E-state index in [4.69, 9.17) is 0 Å². The van der Waals surface area contributed by atoms with Crippen LogP contribution in [0.3, 0.4) is 0 Å². The summed E-state index contributed by atoms with van der Waals surface area (Å²) in [6.07, 6.45) is 0. The smallest absolute Gasteiger partial charge is 0.304 e. The molecule has 0 atom stereocenters. The molecule has 0 aromatic heterocycles. The summed E-state index contributed by atoms with van der Waals surface area (Å²) in [5.41, 5.74) is 2.45. The Kier molecular flexibility index (Phi) is 2.08. The van der Waals surface area contributed by atoms with Crippen LogP contribution in [0.1, 0.15) is 25.3 Å². The number of hydrogen-bond donors (Lipinski definition) is 1. The van der Waals surface area contributed by atoms with E-state index < -0.39 is 0 Å². The third kappa shape index (κ3) is 1.53. The van der Waals surface area contributed by atoms with Crippen LogP contribution in [-0.2, 0) is 0 Å². The number of H-pyrrole nitrogens is 1. The van der Waals surface area contributed by atoms with Crippen molar-refractivity contribution < 1.29 is 0 Å². The summed E-state index contributed by atoms with van der Waals surface area (Å²) in [4.78, 5) is 17.6. The highest BCUT2D eigenvalue weighted by Gasteiger charge is 2.06. The minimum absolute atomic E-state index is 0.277. The van der Waals surface area contributed by atoms with E-state index in [1.54, 1.807) is 0 Å². The van der Waals surface area contributed by atoms with E-state index in [2.05, 4.69) is 23.8 Å². The highest BCUT2D eigenvalue weighted by Crippen LogP contribution is 2.19. The first-order valence-corrected chi connectivity index (χ1v) is 4.67. The molecule has 0 spiro atoms. The van der Waals surface area contributed by atoms with Crippen molar-refractivity contribution in [1.29, 1.82) is 0 Å². The van der Waals surface area contributed by atoms with Crippen molar-refractivity contribution >= 4 is 0 Å². The minimum atomic E-state index is -0.277. The van der Waals surface area contributed by atoms with E-state index in [1.165, 1.54) is 5.56 Å². The maximum absolute atomic E-state index is 11.0. The highest BCUT2D eigenvalue weighted by molar-refractivity contribution is 5.55. The summed E-state index contributed by atoms with van der Waals surface area (Å²) < 4.78 is 0. The average molecular weight is 188 g/mol. The van der Waals surface area contributed by atoms with E-state index in [0.29, 0.717) is 5.92 Å². The Bertz CT molecular complexity index is 473. The first-order valence-electron chi connectivity index (χ1n) is 4.67. The van der Waals surface area contributed by atoms with Crippen LogP contribution < -0.4 is 5.69 Å². The van der Waals surface area contributed by atoms with Gasteiger partial charge >= 0.3 is 5.69 Å². The summed E-state index contributed by atoms with van der Waals surface area (Å²) in [5.74, 6) is 0.448. The van der Waals surface area contributed by atoms with Gasteiger partial charge in [-0.3, -0.25) is 0 Å². The molecule has 1 aliphatic heterocycles. The molecule has 1 heterocycles. The lowest BCUT2D eigenvalue weighted by atomic mass is 10.1. The SMILES string of the molecule is CC(C)c1cccc2nc(=O)[nH]c-2c1. The second-order valence-electron chi connectivity index (χ2n) is 3.67. The predicted octanol–water partition coefficient (Wildman–Crippen LogP) is 2.00. The number of rotatable bonds is 1. The maximum atomic E-state index is 11.0. The Morgan fingerprint density at radius 1 is 1.36 bits per heavy atom. The molecule has 0 saturated heterocycles. The Hall–Kier alpha value is -1.64. The lowest BCUT2D eigenvalue weighted by molar-refractivity contribution is 0.868. The number of nitrogens with one attached hydrogen (secondary N) is 1. The van der Waals surface area contributed by atoms with Gasteiger partial charge in [-0.2, -0.15) is 4.98 Å². The Balaban J connectivity index is 2.66. The van der Waals surface area contributed by atoms with Gasteiger partial charge in [-0.15, -0.1) is 0 Å². The van der Waals surface area contributed by atoms with Gasteiger partial charge in [0.05, 0.1) is 11.4 Å². The monoisotopic (exact) mass is 188 g/mol. The van der Waals surface area contributed by atoms with Crippen LogP contribution in [0.15, 0.2) is 29.1 Å². The molecule has 0 saturated carbocycles. The third-order valence-corrected chi connectivity index (χ3v) is 2.26. The fourth-order valence-electron chi connectivity index (χ4n) is 1.44. The second-order valence-corrected chi connectivity index (χ2v) is 3.67. The molecule has 2 aliphatic rings. The van der Waals surface area contributed by atoms with Crippen molar-refractivity contribution in [2.45, 2.75) is 19.8 Å². The van der Waals surface area contributed by atoms with Gasteiger partial charge in [-0.25, -0.2) is 4.79 Å². The molecule has 0 bridgehead atoms. The molecule has 0 aromatic carbocycles. The summed E-state index contributed by atoms with van der Waals surface area (Å²) in [7, 11) is 0. The maximum Gasteiger partial charge on any atom is 0.346 e. The molecule has 3 nitrogen and oxygen atoms in total. The minimum Gasteiger partial charge on any atom is -0.304 e. The van der Waals surface area contributed by atoms with Crippen molar-refractivity contribution in [3.63, 3.8) is 0 Å². The molecule has 0 amide bonds. The number of aromatic amines is 1. The van der Waals surface area contributed by atoms with E-state index in [0.717, 1.165) is 11.4 Å². The predicted molar refractivity (Wildman–Crippen MR) is 55.6 cm³/mol. The molecule has 1 aliphatic carbocycles. The molecule has 0 radical (unpaired) electrons. The Morgan fingerprint density at radius 2 is 2.14 bits per heavy atom. The van der Waals surface area contributed by atoms with E-state index >= 15 is 0 Å². The molecule has 2 rings (SSSR count). The van der Waals surface area contributed by atoms with Gasteiger partial charge < -0.3 is 4.98 Å². The van der Waals surface area contributed by atoms with E-state index in [1.807, 2.05) is 24.3 Å². The largest absolute Gasteiger partial charge is 0.346 e. The lowest BCUT2D eigenvalue weighted by Crippen LogP contribution is -1.99. The van der Waals surface area contributed by atoms with Gasteiger partial charge in [0.2, 0.25) is 0 Å². The van der Waals surface area contributed by atoms with Crippen molar-refractivity contribution in [2.24, 2.45) is 0 Å². The molecule has 3 heteroatoms. The van der Waals surface area contributed by atoms with Crippen LogP contribution >= 0.6 is 0 Å². The van der Waals surface area contributed by atoms with Gasteiger partial charge in [-0.1, -0.05) is 26.0 Å². The molecular formula is C11H12N2O. The fraction of sp³-hybridized carbons (Fsp3) is 0.273. The van der Waals surface area contributed by atoms with Crippen LogP contribution in [0.25, 0.3) is 11.4 Å². The highest BCUT2D eigenvalue weighted by atomic mass is 16.1. The van der Waals surface area contributed by atoms with E-state index in [-0.39, 0.29) is 5.69 Å². The molecule has 14 heavy (non-hydrogen) atoms. The first kappa shape index (κ1) is 8.94. The zero-order valence-electron chi connectivity index (χ0n) is 8.24. The van der Waals surface area contributed by atoms with Crippen LogP contribution in [0, 0.1) is 0 Å². The van der Waals surface area contributed by atoms with Gasteiger partial charge in [0, 0.05) is 0 Å². The second kappa shape index (κ2) is 3.25. The Morgan fingerprint density at radius 3 is 2.86 bits per heavy atom. The molecule has 1 N–H and O–H groups in total. The molecule has 0 unspecified atom stereocenters. The van der Waals surface area contributed by atoms with Crippen molar-refractivity contribution in [3.05, 3.63) is 40.3 Å². The molecule has 72 valence electrons.